The molecule has 0 radical (unpaired) electrons. The fraction of sp³-hybridized carbons (Fsp3) is 1.00. The van der Waals surface area contributed by atoms with Gasteiger partial charge in [0.1, 0.15) is 0 Å². The quantitative estimate of drug-likeness (QED) is 0.619. The summed E-state index contributed by atoms with van der Waals surface area (Å²) in [5, 5.41) is 3.48. The minimum atomic E-state index is 0.450. The second-order valence-electron chi connectivity index (χ2n) is 3.97. The maximum atomic E-state index is 6.12. The lowest BCUT2D eigenvalue weighted by molar-refractivity contribution is 0.229. The van der Waals surface area contributed by atoms with E-state index in [1.165, 1.54) is 38.6 Å². The maximum Gasteiger partial charge on any atom is 0.0223 e. The molecule has 2 heteroatoms. The minimum Gasteiger partial charge on any atom is -0.326 e. The molecule has 1 saturated heterocycles. The van der Waals surface area contributed by atoms with Crippen LogP contribution in [0.2, 0.25) is 0 Å². The first-order chi connectivity index (χ1) is 5.38. The summed E-state index contributed by atoms with van der Waals surface area (Å²) in [7, 11) is 0. The molecule has 2 unspecified atom stereocenters. The molecule has 1 saturated carbocycles. The number of hydrogen-bond donors (Lipinski definition) is 2. The normalized spacial score (nSPS) is 35.2. The summed E-state index contributed by atoms with van der Waals surface area (Å²) in [6, 6.07) is 1.09. The highest BCUT2D eigenvalue weighted by Gasteiger charge is 2.31. The lowest BCUT2D eigenvalue weighted by Gasteiger charge is -2.34. The molecule has 3 N–H and O–H groups in total. The first-order valence-electron chi connectivity index (χ1n) is 4.87. The molecule has 0 aromatic carbocycles. The van der Waals surface area contributed by atoms with Crippen molar-refractivity contribution in [1.29, 1.82) is 0 Å². The van der Waals surface area contributed by atoms with Gasteiger partial charge in [-0.1, -0.05) is 6.42 Å². The van der Waals surface area contributed by atoms with Crippen molar-refractivity contribution in [2.24, 2.45) is 11.7 Å². The average Bonchev–Trinajstić information content (AvgIpc) is 2.32. The smallest absolute Gasteiger partial charge is 0.0223 e. The van der Waals surface area contributed by atoms with E-state index in [1.54, 1.807) is 0 Å². The SMILES string of the molecule is NC(C1CCC1)C1CCCN1. The van der Waals surface area contributed by atoms with Gasteiger partial charge in [-0.05, 0) is 38.1 Å². The topological polar surface area (TPSA) is 38.0 Å². The van der Waals surface area contributed by atoms with Crippen LogP contribution in [0.15, 0.2) is 0 Å². The summed E-state index contributed by atoms with van der Waals surface area (Å²) in [6.45, 7) is 1.19. The third-order valence-electron chi connectivity index (χ3n) is 3.26. The second kappa shape index (κ2) is 3.11. The van der Waals surface area contributed by atoms with Gasteiger partial charge in [0.2, 0.25) is 0 Å². The fourth-order valence-electron chi connectivity index (χ4n) is 2.19. The lowest BCUT2D eigenvalue weighted by Crippen LogP contribution is -2.48. The number of nitrogens with one attached hydrogen (secondary N) is 1. The Hall–Kier alpha value is -0.0800. The van der Waals surface area contributed by atoms with Crippen LogP contribution >= 0.6 is 0 Å². The summed E-state index contributed by atoms with van der Waals surface area (Å²) >= 11 is 0. The Labute approximate surface area is 68.5 Å². The van der Waals surface area contributed by atoms with Crippen LogP contribution in [0, 0.1) is 5.92 Å². The van der Waals surface area contributed by atoms with Crippen molar-refractivity contribution < 1.29 is 0 Å². The summed E-state index contributed by atoms with van der Waals surface area (Å²) in [6.07, 6.45) is 6.78. The number of rotatable bonds is 2. The highest BCUT2D eigenvalue weighted by molar-refractivity contribution is 4.91. The molecule has 1 heterocycles. The van der Waals surface area contributed by atoms with Crippen LogP contribution in [0.3, 0.4) is 0 Å². The van der Waals surface area contributed by atoms with Gasteiger partial charge in [0.15, 0.2) is 0 Å². The third kappa shape index (κ3) is 1.42. The molecule has 0 amide bonds. The summed E-state index contributed by atoms with van der Waals surface area (Å²) in [4.78, 5) is 0. The van der Waals surface area contributed by atoms with Crippen molar-refractivity contribution >= 4 is 0 Å². The van der Waals surface area contributed by atoms with Crippen molar-refractivity contribution in [3.05, 3.63) is 0 Å². The van der Waals surface area contributed by atoms with Crippen LogP contribution in [0.1, 0.15) is 32.1 Å². The van der Waals surface area contributed by atoms with Crippen molar-refractivity contribution in [1.82, 2.24) is 5.32 Å². The van der Waals surface area contributed by atoms with Gasteiger partial charge in [0, 0.05) is 12.1 Å². The molecule has 0 aromatic rings. The number of nitrogens with two attached hydrogens (primary N) is 1. The van der Waals surface area contributed by atoms with Crippen LogP contribution < -0.4 is 11.1 Å². The standard InChI is InChI=1S/C9H18N2/c10-9(7-3-1-4-7)8-5-2-6-11-8/h7-9,11H,1-6,10H2. The van der Waals surface area contributed by atoms with Gasteiger partial charge in [-0.3, -0.25) is 0 Å². The van der Waals surface area contributed by atoms with Gasteiger partial charge in [-0.15, -0.1) is 0 Å². The first kappa shape index (κ1) is 7.56. The van der Waals surface area contributed by atoms with E-state index < -0.39 is 0 Å². The molecule has 64 valence electrons. The molecule has 0 aromatic heterocycles. The monoisotopic (exact) mass is 154 g/mol. The van der Waals surface area contributed by atoms with E-state index in [4.69, 9.17) is 5.73 Å². The third-order valence-corrected chi connectivity index (χ3v) is 3.26. The van der Waals surface area contributed by atoms with Crippen LogP contribution in [0.4, 0.5) is 0 Å². The zero-order valence-corrected chi connectivity index (χ0v) is 7.05. The summed E-state index contributed by atoms with van der Waals surface area (Å²) in [5.74, 6) is 0.839. The maximum absolute atomic E-state index is 6.12. The lowest BCUT2D eigenvalue weighted by atomic mass is 9.77. The van der Waals surface area contributed by atoms with Gasteiger partial charge in [-0.2, -0.15) is 0 Å². The van der Waals surface area contributed by atoms with E-state index in [0.29, 0.717) is 12.1 Å². The Bertz CT molecular complexity index is 126. The van der Waals surface area contributed by atoms with Crippen LogP contribution in [0.5, 0.6) is 0 Å². The molecule has 2 atom stereocenters. The molecular formula is C9H18N2. The molecule has 0 spiro atoms. The molecule has 0 bridgehead atoms. The van der Waals surface area contributed by atoms with Gasteiger partial charge < -0.3 is 11.1 Å². The van der Waals surface area contributed by atoms with Crippen LogP contribution in [0.25, 0.3) is 0 Å². The molecule has 2 rings (SSSR count). The molecule has 1 aliphatic heterocycles. The highest BCUT2D eigenvalue weighted by atomic mass is 15.0. The average molecular weight is 154 g/mol. The molecule has 2 aliphatic rings. The molecular weight excluding hydrogens is 136 g/mol. The van der Waals surface area contributed by atoms with Gasteiger partial charge in [0.25, 0.3) is 0 Å². The van der Waals surface area contributed by atoms with E-state index >= 15 is 0 Å². The van der Waals surface area contributed by atoms with Crippen LogP contribution in [-0.4, -0.2) is 18.6 Å². The largest absolute Gasteiger partial charge is 0.326 e. The number of hydrogen-bond acceptors (Lipinski definition) is 2. The summed E-state index contributed by atoms with van der Waals surface area (Å²) in [5.41, 5.74) is 6.12. The predicted molar refractivity (Wildman–Crippen MR) is 46.3 cm³/mol. The van der Waals surface area contributed by atoms with Gasteiger partial charge in [0.05, 0.1) is 0 Å². The Kier molecular flexibility index (Phi) is 2.14. The van der Waals surface area contributed by atoms with E-state index in [2.05, 4.69) is 5.32 Å². The fourth-order valence-corrected chi connectivity index (χ4v) is 2.19. The van der Waals surface area contributed by atoms with Crippen molar-refractivity contribution in [2.45, 2.75) is 44.2 Å². The van der Waals surface area contributed by atoms with Crippen LogP contribution in [-0.2, 0) is 0 Å². The van der Waals surface area contributed by atoms with E-state index in [-0.39, 0.29) is 0 Å². The van der Waals surface area contributed by atoms with Crippen molar-refractivity contribution in [3.8, 4) is 0 Å². The minimum absolute atomic E-state index is 0.450. The second-order valence-corrected chi connectivity index (χ2v) is 3.97. The highest BCUT2D eigenvalue weighted by Crippen LogP contribution is 2.31. The first-order valence-corrected chi connectivity index (χ1v) is 4.87. The molecule has 1 aliphatic carbocycles. The Balaban J connectivity index is 1.82. The molecule has 2 fully saturated rings. The Morgan fingerprint density at radius 3 is 2.45 bits per heavy atom. The molecule has 11 heavy (non-hydrogen) atoms. The predicted octanol–water partition coefficient (Wildman–Crippen LogP) is 0.866. The zero-order chi connectivity index (χ0) is 7.68. The Morgan fingerprint density at radius 2 is 2.00 bits per heavy atom. The Morgan fingerprint density at radius 1 is 1.18 bits per heavy atom. The molecule has 2 nitrogen and oxygen atoms in total. The van der Waals surface area contributed by atoms with E-state index in [0.717, 1.165) is 5.92 Å². The zero-order valence-electron chi connectivity index (χ0n) is 7.05. The van der Waals surface area contributed by atoms with E-state index in [1.807, 2.05) is 0 Å². The van der Waals surface area contributed by atoms with Gasteiger partial charge >= 0.3 is 0 Å². The summed E-state index contributed by atoms with van der Waals surface area (Å²) < 4.78 is 0. The van der Waals surface area contributed by atoms with E-state index in [9.17, 15) is 0 Å². The van der Waals surface area contributed by atoms with Crippen molar-refractivity contribution in [2.75, 3.05) is 6.54 Å². The van der Waals surface area contributed by atoms with Gasteiger partial charge in [-0.25, -0.2) is 0 Å². The van der Waals surface area contributed by atoms with Crippen molar-refractivity contribution in [3.63, 3.8) is 0 Å².